The van der Waals surface area contributed by atoms with Crippen molar-refractivity contribution < 1.29 is 23.4 Å². The average molecular weight is 613 g/mol. The summed E-state index contributed by atoms with van der Waals surface area (Å²) in [5, 5.41) is 2.46. The van der Waals surface area contributed by atoms with Crippen LogP contribution in [0.1, 0.15) is 11.1 Å². The van der Waals surface area contributed by atoms with E-state index >= 15 is 0 Å². The molecule has 0 N–H and O–H groups in total. The first kappa shape index (κ1) is 26.6. The largest absolute Gasteiger partial charge is 0.493 e. The second-order valence-corrected chi connectivity index (χ2v) is 10.2. The van der Waals surface area contributed by atoms with Gasteiger partial charge < -0.3 is 23.4 Å². The molecular weight excluding hydrogens is 588 g/mol. The number of ether oxygens (including phenoxy) is 4. The van der Waals surface area contributed by atoms with E-state index in [4.69, 9.17) is 33.3 Å². The van der Waals surface area contributed by atoms with Gasteiger partial charge in [0.1, 0.15) is 17.8 Å². The van der Waals surface area contributed by atoms with Crippen molar-refractivity contribution in [3.8, 4) is 34.5 Å². The number of aryl methyl sites for hydroxylation is 1. The van der Waals surface area contributed by atoms with Gasteiger partial charge in [-0.25, -0.2) is 14.8 Å². The summed E-state index contributed by atoms with van der Waals surface area (Å²) in [7, 11) is 4.57. The van der Waals surface area contributed by atoms with Crippen LogP contribution < -0.4 is 24.6 Å². The minimum atomic E-state index is -0.580. The van der Waals surface area contributed by atoms with E-state index in [1.165, 1.54) is 14.2 Å². The third-order valence-electron chi connectivity index (χ3n) is 6.99. The quantitative estimate of drug-likeness (QED) is 0.138. The highest BCUT2D eigenvalue weighted by Gasteiger charge is 2.24. The zero-order chi connectivity index (χ0) is 28.7. The summed E-state index contributed by atoms with van der Waals surface area (Å²) >= 11 is 3.62. The third kappa shape index (κ3) is 4.52. The van der Waals surface area contributed by atoms with Crippen LogP contribution in [-0.4, -0.2) is 31.3 Å². The molecule has 0 saturated carbocycles. The lowest BCUT2D eigenvalue weighted by Crippen LogP contribution is -2.08. The third-order valence-corrected chi connectivity index (χ3v) is 7.62. The number of rotatable bonds is 7. The van der Waals surface area contributed by atoms with Crippen molar-refractivity contribution >= 4 is 48.6 Å². The van der Waals surface area contributed by atoms with Crippen LogP contribution in [0, 0.1) is 6.92 Å². The van der Waals surface area contributed by atoms with E-state index in [1.807, 2.05) is 67.6 Å². The lowest BCUT2D eigenvalue weighted by molar-refractivity contribution is 0.307. The Morgan fingerprint density at radius 3 is 2.34 bits per heavy atom. The maximum absolute atomic E-state index is 13.6. The molecule has 6 aromatic rings. The maximum Gasteiger partial charge on any atom is 0.346 e. The van der Waals surface area contributed by atoms with Gasteiger partial charge in [0.05, 0.1) is 36.9 Å². The predicted octanol–water partition coefficient (Wildman–Crippen LogP) is 7.23. The van der Waals surface area contributed by atoms with E-state index in [0.29, 0.717) is 63.0 Å². The van der Waals surface area contributed by atoms with E-state index in [0.717, 1.165) is 15.4 Å². The molecular formula is C32H25BrN2O6. The molecule has 3 aromatic carbocycles. The monoisotopic (exact) mass is 612 g/mol. The first-order chi connectivity index (χ1) is 19.9. The van der Waals surface area contributed by atoms with Gasteiger partial charge in [0.25, 0.3) is 0 Å². The second-order valence-electron chi connectivity index (χ2n) is 9.33. The summed E-state index contributed by atoms with van der Waals surface area (Å²) in [6.45, 7) is 2.22. The van der Waals surface area contributed by atoms with Gasteiger partial charge in [-0.1, -0.05) is 42.5 Å². The zero-order valence-corrected chi connectivity index (χ0v) is 24.4. The Morgan fingerprint density at radius 2 is 1.61 bits per heavy atom. The molecule has 0 aliphatic heterocycles. The number of aromatic nitrogens is 2. The number of fused-ring (bicyclic) bond motifs is 4. The van der Waals surface area contributed by atoms with Crippen LogP contribution in [0.25, 0.3) is 44.0 Å². The summed E-state index contributed by atoms with van der Waals surface area (Å²) in [4.78, 5) is 23.3. The summed E-state index contributed by atoms with van der Waals surface area (Å²) in [6, 6.07) is 21.1. The van der Waals surface area contributed by atoms with Crippen molar-refractivity contribution in [2.45, 2.75) is 13.5 Å². The summed E-state index contributed by atoms with van der Waals surface area (Å²) in [5.41, 5.74) is 2.84. The summed E-state index contributed by atoms with van der Waals surface area (Å²) in [6.07, 6.45) is 0. The number of pyridine rings is 2. The minimum absolute atomic E-state index is 0.277. The fourth-order valence-electron chi connectivity index (χ4n) is 5.05. The Balaban J connectivity index is 1.61. The normalized spacial score (nSPS) is 11.2. The molecule has 0 bridgehead atoms. The van der Waals surface area contributed by atoms with Gasteiger partial charge in [-0.3, -0.25) is 0 Å². The highest BCUT2D eigenvalue weighted by atomic mass is 79.9. The standard InChI is InChI=1S/C32H25BrN2O6/c1-17-24-20-12-15-23(37-2)30(38-3)28(20)41-32(36)25(24)27(35-31(17)39-4)22-14-11-19-10-13-21(33)29(26(19)34-22)40-16-18-8-6-5-7-9-18/h5-15H,16H2,1-4H3. The number of hydrogen-bond acceptors (Lipinski definition) is 8. The number of methoxy groups -OCH3 is 3. The average Bonchev–Trinajstić information content (AvgIpc) is 3.00. The van der Waals surface area contributed by atoms with Crippen LogP contribution in [-0.2, 0) is 6.61 Å². The molecule has 0 radical (unpaired) electrons. The first-order valence-electron chi connectivity index (χ1n) is 12.8. The van der Waals surface area contributed by atoms with E-state index in [9.17, 15) is 4.79 Å². The van der Waals surface area contributed by atoms with Crippen molar-refractivity contribution in [3.63, 3.8) is 0 Å². The Kier molecular flexibility index (Phi) is 6.96. The molecule has 41 heavy (non-hydrogen) atoms. The fourth-order valence-corrected chi connectivity index (χ4v) is 5.49. The van der Waals surface area contributed by atoms with Gasteiger partial charge >= 0.3 is 5.63 Å². The molecule has 0 amide bonds. The molecule has 0 aliphatic carbocycles. The van der Waals surface area contributed by atoms with Gasteiger partial charge in [0.15, 0.2) is 17.1 Å². The molecule has 0 aliphatic rings. The number of hydrogen-bond donors (Lipinski definition) is 0. The molecule has 6 rings (SSSR count). The topological polar surface area (TPSA) is 92.9 Å². The number of benzene rings is 3. The highest BCUT2D eigenvalue weighted by molar-refractivity contribution is 9.10. The molecule has 0 fully saturated rings. The fraction of sp³-hybridized carbons (Fsp3) is 0.156. The van der Waals surface area contributed by atoms with Crippen molar-refractivity contribution in [1.82, 2.24) is 9.97 Å². The SMILES string of the molecule is COc1ccc2c(oc(=O)c3c(-c4ccc5ccc(Br)c(OCc6ccccc6)c5n4)nc(OC)c(C)c32)c1OC. The van der Waals surface area contributed by atoms with Crippen LogP contribution in [0.5, 0.6) is 23.1 Å². The van der Waals surface area contributed by atoms with Crippen LogP contribution in [0.3, 0.4) is 0 Å². The van der Waals surface area contributed by atoms with Crippen molar-refractivity contribution in [2.24, 2.45) is 0 Å². The molecule has 0 saturated heterocycles. The van der Waals surface area contributed by atoms with E-state index in [2.05, 4.69) is 15.9 Å². The van der Waals surface area contributed by atoms with Crippen LogP contribution >= 0.6 is 15.9 Å². The second kappa shape index (κ2) is 10.7. The van der Waals surface area contributed by atoms with Crippen molar-refractivity contribution in [2.75, 3.05) is 21.3 Å². The highest BCUT2D eigenvalue weighted by Crippen LogP contribution is 2.42. The maximum atomic E-state index is 13.6. The number of halogens is 1. The molecule has 8 nitrogen and oxygen atoms in total. The van der Waals surface area contributed by atoms with Crippen molar-refractivity contribution in [3.05, 3.63) is 92.7 Å². The van der Waals surface area contributed by atoms with Crippen LogP contribution in [0.2, 0.25) is 0 Å². The molecule has 0 atom stereocenters. The van der Waals surface area contributed by atoms with Gasteiger partial charge in [-0.2, -0.15) is 0 Å². The van der Waals surface area contributed by atoms with Gasteiger partial charge in [0, 0.05) is 21.7 Å². The summed E-state index contributed by atoms with van der Waals surface area (Å²) in [5.74, 6) is 1.73. The van der Waals surface area contributed by atoms with Gasteiger partial charge in [0.2, 0.25) is 11.6 Å². The van der Waals surface area contributed by atoms with E-state index in [-0.39, 0.29) is 11.0 Å². The van der Waals surface area contributed by atoms with Gasteiger partial charge in [-0.15, -0.1) is 0 Å². The molecule has 3 aromatic heterocycles. The Hall–Kier alpha value is -4.63. The Labute approximate surface area is 243 Å². The molecule has 0 unspecified atom stereocenters. The van der Waals surface area contributed by atoms with Gasteiger partial charge in [-0.05, 0) is 52.7 Å². The van der Waals surface area contributed by atoms with E-state index in [1.54, 1.807) is 13.2 Å². The van der Waals surface area contributed by atoms with Crippen LogP contribution in [0.4, 0.5) is 0 Å². The minimum Gasteiger partial charge on any atom is -0.493 e. The Bertz CT molecular complexity index is 2010. The molecule has 9 heteroatoms. The lowest BCUT2D eigenvalue weighted by Gasteiger charge is -2.16. The summed E-state index contributed by atoms with van der Waals surface area (Å²) < 4.78 is 29.5. The molecule has 206 valence electrons. The number of nitrogens with zero attached hydrogens (tertiary/aromatic N) is 2. The first-order valence-corrected chi connectivity index (χ1v) is 13.6. The molecule has 3 heterocycles. The van der Waals surface area contributed by atoms with E-state index < -0.39 is 5.63 Å². The van der Waals surface area contributed by atoms with Crippen molar-refractivity contribution in [1.29, 1.82) is 0 Å². The van der Waals surface area contributed by atoms with Crippen LogP contribution in [0.15, 0.2) is 80.4 Å². The zero-order valence-electron chi connectivity index (χ0n) is 22.8. The predicted molar refractivity (Wildman–Crippen MR) is 161 cm³/mol. The lowest BCUT2D eigenvalue weighted by atomic mass is 10.0. The smallest absolute Gasteiger partial charge is 0.346 e. The Morgan fingerprint density at radius 1 is 0.829 bits per heavy atom. The molecule has 0 spiro atoms.